The minimum absolute atomic E-state index is 0.0176. The molecule has 1 atom stereocenters. The van der Waals surface area contributed by atoms with Crippen molar-refractivity contribution in [1.29, 1.82) is 0 Å². The highest BCUT2D eigenvalue weighted by Gasteiger charge is 2.16. The van der Waals surface area contributed by atoms with Gasteiger partial charge in [0, 0.05) is 24.8 Å². The van der Waals surface area contributed by atoms with Gasteiger partial charge in [0.15, 0.2) is 0 Å². The van der Waals surface area contributed by atoms with E-state index in [2.05, 4.69) is 33.3 Å². The Hall–Kier alpha value is -1.69. The lowest BCUT2D eigenvalue weighted by atomic mass is 10.2. The van der Waals surface area contributed by atoms with Gasteiger partial charge in [-0.3, -0.25) is 10.3 Å². The van der Waals surface area contributed by atoms with Crippen molar-refractivity contribution in [3.63, 3.8) is 0 Å². The molecule has 1 unspecified atom stereocenters. The molecular formula is C15H25N5O. The van der Waals surface area contributed by atoms with E-state index < -0.39 is 0 Å². The Balaban J connectivity index is 1.77. The van der Waals surface area contributed by atoms with E-state index in [4.69, 9.17) is 10.5 Å². The van der Waals surface area contributed by atoms with Gasteiger partial charge in [0.25, 0.3) is 0 Å². The van der Waals surface area contributed by atoms with Gasteiger partial charge >= 0.3 is 6.02 Å². The standard InChI is InChI=1S/C15H25N5O/c1-2-3-8-18-14-11-13(16)19-15(20-14)21-10-7-12-6-4-5-9-17-12/h6,9,14,18H,2-5,7-8,10-11H2,1H3,(H2,16,19,20). The maximum Gasteiger partial charge on any atom is 0.314 e. The second kappa shape index (κ2) is 8.56. The van der Waals surface area contributed by atoms with Gasteiger partial charge in [0.1, 0.15) is 12.0 Å². The first-order valence-electron chi connectivity index (χ1n) is 7.76. The summed E-state index contributed by atoms with van der Waals surface area (Å²) >= 11 is 0. The summed E-state index contributed by atoms with van der Waals surface area (Å²) in [6, 6.07) is 0.383. The molecule has 6 heteroatoms. The third-order valence-electron chi connectivity index (χ3n) is 3.34. The third-order valence-corrected chi connectivity index (χ3v) is 3.34. The summed E-state index contributed by atoms with van der Waals surface area (Å²) in [5, 5.41) is 3.36. The van der Waals surface area contributed by atoms with Crippen LogP contribution in [-0.2, 0) is 4.74 Å². The number of unbranched alkanes of at least 4 members (excludes halogenated alkanes) is 1. The van der Waals surface area contributed by atoms with Crippen LogP contribution in [-0.4, -0.2) is 37.4 Å². The number of aliphatic imine (C=N–C) groups is 3. The van der Waals surface area contributed by atoms with Gasteiger partial charge in [-0.15, -0.1) is 0 Å². The number of rotatable bonds is 7. The van der Waals surface area contributed by atoms with Gasteiger partial charge in [-0.05, 0) is 25.8 Å². The topological polar surface area (TPSA) is 84.4 Å². The lowest BCUT2D eigenvalue weighted by molar-refractivity contribution is 0.296. The number of allylic oxidation sites excluding steroid dienone is 1. The van der Waals surface area contributed by atoms with Gasteiger partial charge < -0.3 is 10.5 Å². The Morgan fingerprint density at radius 3 is 3.10 bits per heavy atom. The third kappa shape index (κ3) is 5.67. The van der Waals surface area contributed by atoms with Crippen LogP contribution in [0.25, 0.3) is 0 Å². The molecule has 3 N–H and O–H groups in total. The number of hydrogen-bond donors (Lipinski definition) is 2. The van der Waals surface area contributed by atoms with Crippen molar-refractivity contribution in [2.75, 3.05) is 13.2 Å². The molecule has 0 saturated heterocycles. The van der Waals surface area contributed by atoms with Crippen molar-refractivity contribution in [3.8, 4) is 0 Å². The Bertz CT molecular complexity index is 453. The monoisotopic (exact) mass is 291 g/mol. The van der Waals surface area contributed by atoms with E-state index in [1.54, 1.807) is 0 Å². The summed E-state index contributed by atoms with van der Waals surface area (Å²) in [4.78, 5) is 12.9. The summed E-state index contributed by atoms with van der Waals surface area (Å²) in [6.45, 7) is 3.63. The van der Waals surface area contributed by atoms with E-state index in [1.165, 1.54) is 0 Å². The van der Waals surface area contributed by atoms with E-state index in [9.17, 15) is 0 Å². The Kier molecular flexibility index (Phi) is 6.40. The van der Waals surface area contributed by atoms with Gasteiger partial charge in [-0.2, -0.15) is 4.99 Å². The highest BCUT2D eigenvalue weighted by Crippen LogP contribution is 2.11. The SMILES string of the molecule is CCCCNC1CC(N)=NC(OCCC2=CCCC=N2)=N1. The Morgan fingerprint density at radius 1 is 1.43 bits per heavy atom. The van der Waals surface area contributed by atoms with Crippen molar-refractivity contribution in [2.45, 2.75) is 51.6 Å². The number of hydrogen-bond acceptors (Lipinski definition) is 6. The molecule has 0 aromatic heterocycles. The molecule has 116 valence electrons. The lowest BCUT2D eigenvalue weighted by Gasteiger charge is -2.19. The first-order valence-corrected chi connectivity index (χ1v) is 7.76. The fraction of sp³-hybridized carbons (Fsp3) is 0.667. The average molecular weight is 291 g/mol. The number of nitrogens with one attached hydrogen (secondary N) is 1. The molecule has 6 nitrogen and oxygen atoms in total. The zero-order chi connectivity index (χ0) is 14.9. The summed E-state index contributed by atoms with van der Waals surface area (Å²) in [5.74, 6) is 0.573. The zero-order valence-electron chi connectivity index (χ0n) is 12.7. The molecule has 0 radical (unpaired) electrons. The lowest BCUT2D eigenvalue weighted by Crippen LogP contribution is -2.37. The number of nitrogens with two attached hydrogens (primary N) is 1. The molecule has 2 aliphatic rings. The summed E-state index contributed by atoms with van der Waals surface area (Å²) < 4.78 is 5.62. The van der Waals surface area contributed by atoms with Crippen molar-refractivity contribution in [2.24, 2.45) is 20.7 Å². The minimum atomic E-state index is -0.0176. The van der Waals surface area contributed by atoms with Crippen LogP contribution < -0.4 is 11.1 Å². The molecule has 0 spiro atoms. The highest BCUT2D eigenvalue weighted by atomic mass is 16.5. The number of nitrogens with zero attached hydrogens (tertiary/aromatic N) is 3. The summed E-state index contributed by atoms with van der Waals surface area (Å²) in [5.41, 5.74) is 6.92. The second-order valence-electron chi connectivity index (χ2n) is 5.23. The van der Waals surface area contributed by atoms with E-state index in [0.717, 1.165) is 44.3 Å². The molecule has 2 aliphatic heterocycles. The molecule has 0 amide bonds. The van der Waals surface area contributed by atoms with Crippen molar-refractivity contribution < 1.29 is 4.74 Å². The van der Waals surface area contributed by atoms with E-state index >= 15 is 0 Å². The van der Waals surface area contributed by atoms with Crippen molar-refractivity contribution in [1.82, 2.24) is 5.32 Å². The fourth-order valence-electron chi connectivity index (χ4n) is 2.18. The molecule has 0 aliphatic carbocycles. The molecule has 21 heavy (non-hydrogen) atoms. The molecule has 0 aromatic carbocycles. The molecule has 0 saturated carbocycles. The van der Waals surface area contributed by atoms with Crippen molar-refractivity contribution >= 4 is 18.1 Å². The zero-order valence-corrected chi connectivity index (χ0v) is 12.7. The van der Waals surface area contributed by atoms with Gasteiger partial charge in [-0.1, -0.05) is 19.4 Å². The van der Waals surface area contributed by atoms with Crippen molar-refractivity contribution in [3.05, 3.63) is 11.8 Å². The average Bonchev–Trinajstić information content (AvgIpc) is 2.48. The Morgan fingerprint density at radius 2 is 2.33 bits per heavy atom. The van der Waals surface area contributed by atoms with Crippen LogP contribution in [0.4, 0.5) is 0 Å². The molecule has 2 heterocycles. The normalized spacial score (nSPS) is 21.6. The highest BCUT2D eigenvalue weighted by molar-refractivity contribution is 5.94. The predicted molar refractivity (Wildman–Crippen MR) is 86.8 cm³/mol. The van der Waals surface area contributed by atoms with Gasteiger partial charge in [0.05, 0.1) is 6.61 Å². The molecule has 0 bridgehead atoms. The van der Waals surface area contributed by atoms with Gasteiger partial charge in [0.2, 0.25) is 0 Å². The van der Waals surface area contributed by atoms with Gasteiger partial charge in [-0.25, -0.2) is 4.99 Å². The smallest absolute Gasteiger partial charge is 0.314 e. The minimum Gasteiger partial charge on any atom is -0.463 e. The predicted octanol–water partition coefficient (Wildman–Crippen LogP) is 1.97. The summed E-state index contributed by atoms with van der Waals surface area (Å²) in [6.07, 6.45) is 9.89. The van der Waals surface area contributed by atoms with Crippen LogP contribution in [0.2, 0.25) is 0 Å². The number of ether oxygens (including phenoxy) is 1. The maximum atomic E-state index is 5.85. The van der Waals surface area contributed by atoms with Crippen LogP contribution in [0.5, 0.6) is 0 Å². The quantitative estimate of drug-likeness (QED) is 0.703. The van der Waals surface area contributed by atoms with E-state index in [-0.39, 0.29) is 6.17 Å². The molecule has 0 aromatic rings. The van der Waals surface area contributed by atoms with Crippen LogP contribution in [0.1, 0.15) is 45.4 Å². The molecule has 0 fully saturated rings. The van der Waals surface area contributed by atoms with E-state index in [1.807, 2.05) is 6.21 Å². The van der Waals surface area contributed by atoms with E-state index in [0.29, 0.717) is 24.9 Å². The first-order chi connectivity index (χ1) is 10.3. The molecular weight excluding hydrogens is 266 g/mol. The van der Waals surface area contributed by atoms with Crippen LogP contribution in [0.15, 0.2) is 26.8 Å². The maximum absolute atomic E-state index is 5.85. The second-order valence-corrected chi connectivity index (χ2v) is 5.23. The number of amidine groups is 2. The van der Waals surface area contributed by atoms with Crippen LogP contribution in [0.3, 0.4) is 0 Å². The first kappa shape index (κ1) is 15.7. The fourth-order valence-corrected chi connectivity index (χ4v) is 2.18. The summed E-state index contributed by atoms with van der Waals surface area (Å²) in [7, 11) is 0. The van der Waals surface area contributed by atoms with Crippen LogP contribution >= 0.6 is 0 Å². The van der Waals surface area contributed by atoms with Crippen LogP contribution in [0, 0.1) is 0 Å². The largest absolute Gasteiger partial charge is 0.463 e. The Labute approximate surface area is 126 Å². The molecule has 2 rings (SSSR count).